The maximum atomic E-state index is 12.4. The summed E-state index contributed by atoms with van der Waals surface area (Å²) in [4.78, 5) is 26.5. The van der Waals surface area contributed by atoms with Crippen LogP contribution in [0.15, 0.2) is 45.7 Å². The first-order chi connectivity index (χ1) is 13.1. The number of benzene rings is 1. The van der Waals surface area contributed by atoms with Crippen molar-refractivity contribution in [3.63, 3.8) is 0 Å². The standard InChI is InChI=1S/C19H23BrN4O3/c1-27-10-9-24-18(25)6-5-17(22-24)19(26)21-12-14-7-8-23(13-14)16-4-2-3-15(20)11-16/h2-6,11,14H,7-10,12-13H2,1H3,(H,21,26). The number of aromatic nitrogens is 2. The van der Waals surface area contributed by atoms with E-state index in [1.54, 1.807) is 7.11 Å². The molecule has 1 amide bonds. The van der Waals surface area contributed by atoms with Crippen molar-refractivity contribution in [3.05, 3.63) is 56.9 Å². The number of halogens is 1. The monoisotopic (exact) mass is 434 g/mol. The van der Waals surface area contributed by atoms with E-state index in [9.17, 15) is 9.59 Å². The van der Waals surface area contributed by atoms with E-state index in [0.717, 1.165) is 24.0 Å². The molecule has 1 unspecified atom stereocenters. The molecule has 1 saturated heterocycles. The molecule has 0 radical (unpaired) electrons. The molecule has 1 N–H and O–H groups in total. The molecule has 1 fully saturated rings. The minimum Gasteiger partial charge on any atom is -0.383 e. The Balaban J connectivity index is 1.54. The molecule has 144 valence electrons. The number of amides is 1. The van der Waals surface area contributed by atoms with Crippen LogP contribution in [0.5, 0.6) is 0 Å². The van der Waals surface area contributed by atoms with Gasteiger partial charge in [0.15, 0.2) is 0 Å². The van der Waals surface area contributed by atoms with Gasteiger partial charge in [-0.2, -0.15) is 5.10 Å². The van der Waals surface area contributed by atoms with Gasteiger partial charge in [0.25, 0.3) is 11.5 Å². The second-order valence-electron chi connectivity index (χ2n) is 6.56. The molecule has 1 aliphatic rings. The lowest BCUT2D eigenvalue weighted by Crippen LogP contribution is -2.33. The second-order valence-corrected chi connectivity index (χ2v) is 7.48. The normalized spacial score (nSPS) is 16.5. The van der Waals surface area contributed by atoms with E-state index in [2.05, 4.69) is 43.4 Å². The molecular formula is C19H23BrN4O3. The maximum absolute atomic E-state index is 12.4. The highest BCUT2D eigenvalue weighted by Gasteiger charge is 2.23. The van der Waals surface area contributed by atoms with Gasteiger partial charge in [-0.25, -0.2) is 4.68 Å². The Kier molecular flexibility index (Phi) is 6.63. The number of hydrogen-bond acceptors (Lipinski definition) is 5. The first kappa shape index (κ1) is 19.6. The van der Waals surface area contributed by atoms with Crippen LogP contribution in [0.25, 0.3) is 0 Å². The molecule has 27 heavy (non-hydrogen) atoms. The molecule has 0 aliphatic carbocycles. The zero-order valence-electron chi connectivity index (χ0n) is 15.2. The maximum Gasteiger partial charge on any atom is 0.271 e. The summed E-state index contributed by atoms with van der Waals surface area (Å²) in [5.41, 5.74) is 1.18. The number of nitrogens with one attached hydrogen (secondary N) is 1. The highest BCUT2D eigenvalue weighted by Crippen LogP contribution is 2.25. The lowest BCUT2D eigenvalue weighted by molar-refractivity contribution is 0.0939. The van der Waals surface area contributed by atoms with Gasteiger partial charge in [-0.15, -0.1) is 0 Å². The lowest BCUT2D eigenvalue weighted by Gasteiger charge is -2.19. The number of nitrogens with zero attached hydrogens (tertiary/aromatic N) is 3. The van der Waals surface area contributed by atoms with Gasteiger partial charge >= 0.3 is 0 Å². The molecule has 2 heterocycles. The summed E-state index contributed by atoms with van der Waals surface area (Å²) >= 11 is 3.50. The van der Waals surface area contributed by atoms with Gasteiger partial charge in [-0.1, -0.05) is 22.0 Å². The fourth-order valence-corrected chi connectivity index (χ4v) is 3.53. The summed E-state index contributed by atoms with van der Waals surface area (Å²) in [5, 5.41) is 7.07. The molecule has 1 aliphatic heterocycles. The molecular weight excluding hydrogens is 412 g/mol. The van der Waals surface area contributed by atoms with Crippen LogP contribution in [0.1, 0.15) is 16.9 Å². The van der Waals surface area contributed by atoms with Gasteiger partial charge < -0.3 is 15.0 Å². The first-order valence-corrected chi connectivity index (χ1v) is 9.72. The van der Waals surface area contributed by atoms with Crippen LogP contribution in [0.4, 0.5) is 5.69 Å². The van der Waals surface area contributed by atoms with Gasteiger partial charge in [-0.3, -0.25) is 9.59 Å². The molecule has 0 saturated carbocycles. The number of rotatable bonds is 7. The third kappa shape index (κ3) is 5.17. The van der Waals surface area contributed by atoms with Gasteiger partial charge in [0, 0.05) is 43.0 Å². The molecule has 2 aromatic rings. The molecule has 3 rings (SSSR count). The predicted molar refractivity (Wildman–Crippen MR) is 107 cm³/mol. The van der Waals surface area contributed by atoms with E-state index < -0.39 is 0 Å². The van der Waals surface area contributed by atoms with Crippen LogP contribution in [-0.2, 0) is 11.3 Å². The Morgan fingerprint density at radius 1 is 1.37 bits per heavy atom. The number of anilines is 1. The fraction of sp³-hybridized carbons (Fsp3) is 0.421. The molecule has 0 bridgehead atoms. The van der Waals surface area contributed by atoms with Crippen molar-refractivity contribution >= 4 is 27.5 Å². The van der Waals surface area contributed by atoms with Crippen molar-refractivity contribution in [2.75, 3.05) is 38.3 Å². The summed E-state index contributed by atoms with van der Waals surface area (Å²) in [7, 11) is 1.56. The van der Waals surface area contributed by atoms with Crippen molar-refractivity contribution in [1.29, 1.82) is 0 Å². The number of ether oxygens (including phenoxy) is 1. The van der Waals surface area contributed by atoms with E-state index in [-0.39, 0.29) is 17.2 Å². The Bertz CT molecular complexity index is 855. The third-order valence-electron chi connectivity index (χ3n) is 4.62. The van der Waals surface area contributed by atoms with Crippen LogP contribution >= 0.6 is 15.9 Å². The van der Waals surface area contributed by atoms with Crippen LogP contribution in [-0.4, -0.2) is 49.0 Å². The van der Waals surface area contributed by atoms with Crippen LogP contribution in [0.3, 0.4) is 0 Å². The molecule has 7 nitrogen and oxygen atoms in total. The Morgan fingerprint density at radius 2 is 2.22 bits per heavy atom. The second kappa shape index (κ2) is 9.14. The highest BCUT2D eigenvalue weighted by molar-refractivity contribution is 9.10. The van der Waals surface area contributed by atoms with Crippen molar-refractivity contribution in [2.45, 2.75) is 13.0 Å². The lowest BCUT2D eigenvalue weighted by atomic mass is 10.1. The number of carbonyl (C=O) groups is 1. The summed E-state index contributed by atoms with van der Waals surface area (Å²) in [6.07, 6.45) is 1.02. The Hall–Kier alpha value is -2.19. The summed E-state index contributed by atoms with van der Waals surface area (Å²) in [6.45, 7) is 3.14. The smallest absolute Gasteiger partial charge is 0.271 e. The first-order valence-electron chi connectivity index (χ1n) is 8.92. The molecule has 1 atom stereocenters. The van der Waals surface area contributed by atoms with Crippen LogP contribution < -0.4 is 15.8 Å². The average molecular weight is 435 g/mol. The van der Waals surface area contributed by atoms with Gasteiger partial charge in [0.05, 0.1) is 13.2 Å². The molecule has 1 aromatic heterocycles. The summed E-state index contributed by atoms with van der Waals surface area (Å²) in [5.74, 6) is 0.120. The van der Waals surface area contributed by atoms with E-state index in [1.165, 1.54) is 22.5 Å². The minimum atomic E-state index is -0.262. The number of methoxy groups -OCH3 is 1. The van der Waals surface area contributed by atoms with Crippen LogP contribution in [0, 0.1) is 5.92 Å². The Morgan fingerprint density at radius 3 is 3.00 bits per heavy atom. The molecule has 1 aromatic carbocycles. The fourth-order valence-electron chi connectivity index (χ4n) is 3.14. The summed E-state index contributed by atoms with van der Waals surface area (Å²) in [6, 6.07) is 11.1. The highest BCUT2D eigenvalue weighted by atomic mass is 79.9. The van der Waals surface area contributed by atoms with Crippen LogP contribution in [0.2, 0.25) is 0 Å². The third-order valence-corrected chi connectivity index (χ3v) is 5.11. The quantitative estimate of drug-likeness (QED) is 0.719. The van der Waals surface area contributed by atoms with E-state index >= 15 is 0 Å². The van der Waals surface area contributed by atoms with Crippen molar-refractivity contribution < 1.29 is 9.53 Å². The SMILES string of the molecule is COCCn1nc(C(=O)NCC2CCN(c3cccc(Br)c3)C2)ccc1=O. The number of carbonyl (C=O) groups excluding carboxylic acids is 1. The van der Waals surface area contributed by atoms with Gasteiger partial charge in [0.2, 0.25) is 0 Å². The van der Waals surface area contributed by atoms with E-state index in [4.69, 9.17) is 4.74 Å². The molecule has 8 heteroatoms. The zero-order valence-corrected chi connectivity index (χ0v) is 16.8. The van der Waals surface area contributed by atoms with Crippen molar-refractivity contribution in [2.24, 2.45) is 5.92 Å². The largest absolute Gasteiger partial charge is 0.383 e. The van der Waals surface area contributed by atoms with Crippen molar-refractivity contribution in [3.8, 4) is 0 Å². The summed E-state index contributed by atoms with van der Waals surface area (Å²) < 4.78 is 7.28. The van der Waals surface area contributed by atoms with Gasteiger partial charge in [0.1, 0.15) is 5.69 Å². The van der Waals surface area contributed by atoms with E-state index in [1.807, 2.05) is 12.1 Å². The predicted octanol–water partition coefficient (Wildman–Crippen LogP) is 1.91. The van der Waals surface area contributed by atoms with Crippen molar-refractivity contribution in [1.82, 2.24) is 15.1 Å². The zero-order chi connectivity index (χ0) is 19.2. The number of hydrogen-bond donors (Lipinski definition) is 1. The topological polar surface area (TPSA) is 76.5 Å². The Labute approximate surface area is 166 Å². The van der Waals surface area contributed by atoms with Gasteiger partial charge in [-0.05, 0) is 36.6 Å². The average Bonchev–Trinajstić information content (AvgIpc) is 3.14. The van der Waals surface area contributed by atoms with E-state index in [0.29, 0.717) is 25.6 Å². The molecule has 0 spiro atoms. The minimum absolute atomic E-state index is 0.243.